The molecule has 0 aliphatic carbocycles. The van der Waals surface area contributed by atoms with Crippen LogP contribution in [0, 0.1) is 3.57 Å². The molecule has 2 aromatic carbocycles. The lowest BCUT2D eigenvalue weighted by Crippen LogP contribution is -2.15. The first-order valence-corrected chi connectivity index (χ1v) is 8.49. The Hall–Kier alpha value is -1.21. The number of fused-ring (bicyclic) bond motifs is 1. The lowest BCUT2D eigenvalue weighted by atomic mass is 10.1. The number of thioether (sulfide) groups is 1. The molecule has 0 saturated heterocycles. The predicted molar refractivity (Wildman–Crippen MR) is 91.4 cm³/mol. The molecule has 0 saturated carbocycles. The van der Waals surface area contributed by atoms with Crippen molar-refractivity contribution in [3.63, 3.8) is 0 Å². The van der Waals surface area contributed by atoms with Crippen LogP contribution < -0.4 is 4.74 Å². The van der Waals surface area contributed by atoms with E-state index in [-0.39, 0.29) is 5.56 Å². The van der Waals surface area contributed by atoms with E-state index in [0.717, 1.165) is 9.99 Å². The summed E-state index contributed by atoms with van der Waals surface area (Å²) in [6, 6.07) is 13.6. The van der Waals surface area contributed by atoms with Gasteiger partial charge < -0.3 is 9.84 Å². The maximum Gasteiger partial charge on any atom is 0.339 e. The van der Waals surface area contributed by atoms with E-state index in [0.29, 0.717) is 17.6 Å². The molecule has 0 spiro atoms. The molecule has 21 heavy (non-hydrogen) atoms. The van der Waals surface area contributed by atoms with Gasteiger partial charge in [-0.15, -0.1) is 11.8 Å². The molecule has 0 radical (unpaired) electrons. The van der Waals surface area contributed by atoms with Gasteiger partial charge in [-0.2, -0.15) is 0 Å². The van der Waals surface area contributed by atoms with Gasteiger partial charge in [0.05, 0.1) is 0 Å². The summed E-state index contributed by atoms with van der Waals surface area (Å²) in [5.74, 6) is -0.509. The van der Waals surface area contributed by atoms with Gasteiger partial charge in [-0.1, -0.05) is 18.2 Å². The Balaban J connectivity index is 1.68. The van der Waals surface area contributed by atoms with E-state index in [1.165, 1.54) is 10.5 Å². The molecule has 0 fully saturated rings. The lowest BCUT2D eigenvalue weighted by molar-refractivity contribution is 0.0692. The topological polar surface area (TPSA) is 46.5 Å². The lowest BCUT2D eigenvalue weighted by Gasteiger charge is -2.13. The van der Waals surface area contributed by atoms with Crippen LogP contribution in [-0.2, 0) is 6.42 Å². The minimum absolute atomic E-state index is 0.224. The van der Waals surface area contributed by atoms with Crippen LogP contribution in [0.25, 0.3) is 0 Å². The number of rotatable bonds is 4. The zero-order chi connectivity index (χ0) is 14.8. The van der Waals surface area contributed by atoms with Crippen molar-refractivity contribution < 1.29 is 14.6 Å². The Morgan fingerprint density at radius 2 is 2.14 bits per heavy atom. The second kappa shape index (κ2) is 6.27. The molecular weight excluding hydrogens is 399 g/mol. The first-order valence-electron chi connectivity index (χ1n) is 6.53. The highest BCUT2D eigenvalue weighted by Crippen LogP contribution is 2.37. The first kappa shape index (κ1) is 14.7. The van der Waals surface area contributed by atoms with Gasteiger partial charge >= 0.3 is 5.97 Å². The van der Waals surface area contributed by atoms with Gasteiger partial charge in [-0.3, -0.25) is 0 Å². The molecule has 3 nitrogen and oxygen atoms in total. The summed E-state index contributed by atoms with van der Waals surface area (Å²) in [7, 11) is 0. The van der Waals surface area contributed by atoms with Crippen molar-refractivity contribution in [2.45, 2.75) is 16.6 Å². The maximum absolute atomic E-state index is 11.3. The van der Waals surface area contributed by atoms with Gasteiger partial charge in [-0.25, -0.2) is 4.79 Å². The second-order valence-corrected chi connectivity index (χ2v) is 7.40. The summed E-state index contributed by atoms with van der Waals surface area (Å²) < 4.78 is 6.65. The summed E-state index contributed by atoms with van der Waals surface area (Å²) >= 11 is 3.90. The molecule has 1 N–H and O–H groups in total. The highest BCUT2D eigenvalue weighted by Gasteiger charge is 2.23. The summed E-state index contributed by atoms with van der Waals surface area (Å²) in [4.78, 5) is 12.6. The number of carboxylic acids is 1. The van der Waals surface area contributed by atoms with E-state index >= 15 is 0 Å². The molecule has 5 heteroatoms. The van der Waals surface area contributed by atoms with Gasteiger partial charge in [0.2, 0.25) is 0 Å². The van der Waals surface area contributed by atoms with Crippen LogP contribution in [0.1, 0.15) is 15.9 Å². The van der Waals surface area contributed by atoms with E-state index in [1.54, 1.807) is 23.9 Å². The molecule has 0 aromatic heterocycles. The average molecular weight is 412 g/mol. The Morgan fingerprint density at radius 1 is 1.33 bits per heavy atom. The number of halogens is 1. The normalized spacial score (nSPS) is 16.5. The van der Waals surface area contributed by atoms with Crippen LogP contribution in [0.15, 0.2) is 47.4 Å². The molecule has 1 unspecified atom stereocenters. The number of ether oxygens (including phenoxy) is 1. The van der Waals surface area contributed by atoms with Crippen LogP contribution in [0.4, 0.5) is 0 Å². The Morgan fingerprint density at radius 3 is 2.90 bits per heavy atom. The minimum atomic E-state index is -0.953. The summed E-state index contributed by atoms with van der Waals surface area (Å²) in [6.45, 7) is 0.514. The van der Waals surface area contributed by atoms with Crippen molar-refractivity contribution in [1.29, 1.82) is 0 Å². The molecule has 2 aromatic rings. The van der Waals surface area contributed by atoms with Crippen molar-refractivity contribution >= 4 is 40.3 Å². The smallest absolute Gasteiger partial charge is 0.339 e. The van der Waals surface area contributed by atoms with Crippen LogP contribution in [0.3, 0.4) is 0 Å². The molecular formula is C16H13IO3S. The number of carboxylic acid groups (broad SMARTS) is 1. The van der Waals surface area contributed by atoms with Crippen molar-refractivity contribution in [1.82, 2.24) is 0 Å². The Kier molecular flexibility index (Phi) is 4.40. The van der Waals surface area contributed by atoms with Gasteiger partial charge in [-0.05, 0) is 58.8 Å². The Bertz CT molecular complexity index is 662. The summed E-state index contributed by atoms with van der Waals surface area (Å²) in [6.07, 6.45) is 0.966. The van der Waals surface area contributed by atoms with E-state index < -0.39 is 5.97 Å². The molecule has 3 rings (SSSR count). The van der Waals surface area contributed by atoms with E-state index in [1.807, 2.05) is 18.2 Å². The highest BCUT2D eigenvalue weighted by atomic mass is 127. The molecule has 0 bridgehead atoms. The minimum Gasteiger partial charge on any atom is -0.492 e. The fourth-order valence-electron chi connectivity index (χ4n) is 2.32. The number of aromatic carboxylic acids is 1. The zero-order valence-electron chi connectivity index (χ0n) is 11.1. The third kappa shape index (κ3) is 3.35. The van der Waals surface area contributed by atoms with Crippen LogP contribution in [-0.4, -0.2) is 22.9 Å². The largest absolute Gasteiger partial charge is 0.492 e. The van der Waals surface area contributed by atoms with Crippen molar-refractivity contribution in [2.24, 2.45) is 0 Å². The third-order valence-corrected chi connectivity index (χ3v) is 5.27. The van der Waals surface area contributed by atoms with Crippen LogP contribution in [0.2, 0.25) is 0 Å². The average Bonchev–Trinajstić information content (AvgIpc) is 2.88. The number of carbonyl (C=O) groups is 1. The van der Waals surface area contributed by atoms with Crippen molar-refractivity contribution in [3.05, 3.63) is 57.2 Å². The number of hydrogen-bond donors (Lipinski definition) is 1. The van der Waals surface area contributed by atoms with Crippen molar-refractivity contribution in [3.8, 4) is 5.75 Å². The number of hydrogen-bond acceptors (Lipinski definition) is 3. The number of benzene rings is 2. The van der Waals surface area contributed by atoms with Crippen molar-refractivity contribution in [2.75, 3.05) is 6.61 Å². The van der Waals surface area contributed by atoms with Gasteiger partial charge in [0.25, 0.3) is 0 Å². The van der Waals surface area contributed by atoms with E-state index in [9.17, 15) is 9.90 Å². The summed E-state index contributed by atoms with van der Waals surface area (Å²) in [5, 5.41) is 9.57. The molecule has 1 atom stereocenters. The monoisotopic (exact) mass is 412 g/mol. The van der Waals surface area contributed by atoms with Gasteiger partial charge in [0.15, 0.2) is 0 Å². The molecule has 1 heterocycles. The Labute approximate surface area is 140 Å². The van der Waals surface area contributed by atoms with Crippen LogP contribution >= 0.6 is 34.4 Å². The maximum atomic E-state index is 11.3. The molecule has 1 aliphatic rings. The molecule has 0 amide bonds. The van der Waals surface area contributed by atoms with E-state index in [2.05, 4.69) is 34.7 Å². The fourth-order valence-corrected chi connectivity index (χ4v) is 4.03. The highest BCUT2D eigenvalue weighted by molar-refractivity contribution is 14.1. The predicted octanol–water partition coefficient (Wildman–Crippen LogP) is 4.09. The quantitative estimate of drug-likeness (QED) is 0.769. The first-order chi connectivity index (χ1) is 10.1. The third-order valence-electron chi connectivity index (χ3n) is 3.31. The fraction of sp³-hybridized carbons (Fsp3) is 0.188. The van der Waals surface area contributed by atoms with E-state index in [4.69, 9.17) is 4.74 Å². The van der Waals surface area contributed by atoms with Gasteiger partial charge in [0, 0.05) is 13.7 Å². The molecule has 108 valence electrons. The van der Waals surface area contributed by atoms with Crippen LogP contribution in [0.5, 0.6) is 5.75 Å². The second-order valence-electron chi connectivity index (χ2n) is 4.81. The zero-order valence-corrected chi connectivity index (χ0v) is 14.1. The standard InChI is InChI=1S/C16H13IO3S/c17-11-5-6-14(13(8-11)16(18)19)20-9-12-7-10-3-1-2-4-15(10)21-12/h1-6,8,12H,7,9H2,(H,18,19). The van der Waals surface area contributed by atoms with Gasteiger partial charge in [0.1, 0.15) is 17.9 Å². The summed E-state index contributed by atoms with van der Waals surface area (Å²) in [5.41, 5.74) is 1.57. The molecule has 1 aliphatic heterocycles. The SMILES string of the molecule is O=C(O)c1cc(I)ccc1OCC1Cc2ccccc2S1.